The van der Waals surface area contributed by atoms with E-state index in [1.807, 2.05) is 0 Å². The van der Waals surface area contributed by atoms with E-state index in [1.54, 1.807) is 6.21 Å². The largest absolute Gasteiger partial charge is 0.481 e. The molecule has 1 aromatic carbocycles. The number of aliphatic imine (C=N–C) groups is 1. The Morgan fingerprint density at radius 3 is 2.61 bits per heavy atom. The lowest BCUT2D eigenvalue weighted by Gasteiger charge is -2.33. The summed E-state index contributed by atoms with van der Waals surface area (Å²) in [4.78, 5) is 15.0. The second-order valence-electron chi connectivity index (χ2n) is 7.70. The maximum absolute atomic E-state index is 13.2. The maximum atomic E-state index is 13.2. The van der Waals surface area contributed by atoms with Crippen LogP contribution in [0.3, 0.4) is 0 Å². The summed E-state index contributed by atoms with van der Waals surface area (Å²) in [5.74, 6) is -0.949. The van der Waals surface area contributed by atoms with Crippen LogP contribution in [-0.4, -0.2) is 49.1 Å². The van der Waals surface area contributed by atoms with Gasteiger partial charge in [-0.1, -0.05) is 17.2 Å². The van der Waals surface area contributed by atoms with Gasteiger partial charge >= 0.3 is 12.1 Å². The van der Waals surface area contributed by atoms with Crippen LogP contribution >= 0.6 is 11.6 Å². The van der Waals surface area contributed by atoms with Gasteiger partial charge in [-0.2, -0.15) is 17.5 Å². The molecule has 0 bridgehead atoms. The smallest absolute Gasteiger partial charge is 0.416 e. The zero-order valence-corrected chi connectivity index (χ0v) is 18.3. The minimum Gasteiger partial charge on any atom is -0.481 e. The molecule has 0 amide bonds. The summed E-state index contributed by atoms with van der Waals surface area (Å²) in [5, 5.41) is 8.53. The molecule has 0 saturated heterocycles. The van der Waals surface area contributed by atoms with E-state index in [9.17, 15) is 26.4 Å². The van der Waals surface area contributed by atoms with Crippen molar-refractivity contribution in [1.82, 2.24) is 4.31 Å². The van der Waals surface area contributed by atoms with Crippen molar-refractivity contribution in [3.05, 3.63) is 39.9 Å². The van der Waals surface area contributed by atoms with Gasteiger partial charge in [0.2, 0.25) is 10.0 Å². The topological polar surface area (TPSA) is 87.0 Å². The highest BCUT2D eigenvalue weighted by molar-refractivity contribution is 7.89. The first kappa shape index (κ1) is 23.7. The maximum Gasteiger partial charge on any atom is 0.416 e. The predicted octanol–water partition coefficient (Wildman–Crippen LogP) is 4.54. The number of carboxylic acid groups (broad SMARTS) is 1. The molecule has 0 saturated carbocycles. The van der Waals surface area contributed by atoms with E-state index in [0.717, 1.165) is 34.4 Å². The molecule has 2 aliphatic rings. The first-order valence-corrected chi connectivity index (χ1v) is 11.5. The molecule has 170 valence electrons. The molecular formula is C20H22ClF3N2O4S. The number of carboxylic acids is 1. The van der Waals surface area contributed by atoms with Crippen molar-refractivity contribution in [2.24, 2.45) is 4.99 Å². The van der Waals surface area contributed by atoms with E-state index in [2.05, 4.69) is 4.99 Å². The Kier molecular flexibility index (Phi) is 6.83. The number of allylic oxidation sites excluding steroid dienone is 1. The summed E-state index contributed by atoms with van der Waals surface area (Å²) in [5.41, 5.74) is 0.740. The Morgan fingerprint density at radius 1 is 1.29 bits per heavy atom. The Balaban J connectivity index is 1.92. The molecule has 0 spiro atoms. The van der Waals surface area contributed by atoms with Gasteiger partial charge in [0.15, 0.2) is 0 Å². The van der Waals surface area contributed by atoms with Crippen LogP contribution in [0.15, 0.2) is 39.2 Å². The highest BCUT2D eigenvalue weighted by Crippen LogP contribution is 2.37. The van der Waals surface area contributed by atoms with E-state index in [1.165, 1.54) is 7.05 Å². The lowest BCUT2D eigenvalue weighted by Crippen LogP contribution is -2.40. The van der Waals surface area contributed by atoms with Gasteiger partial charge in [0, 0.05) is 13.3 Å². The second kappa shape index (κ2) is 8.91. The first-order valence-electron chi connectivity index (χ1n) is 9.73. The zero-order chi connectivity index (χ0) is 23.0. The van der Waals surface area contributed by atoms with Crippen LogP contribution in [0.25, 0.3) is 0 Å². The van der Waals surface area contributed by atoms with Gasteiger partial charge in [-0.05, 0) is 55.9 Å². The van der Waals surface area contributed by atoms with Crippen molar-refractivity contribution in [1.29, 1.82) is 0 Å². The number of rotatable bonds is 5. The quantitative estimate of drug-likeness (QED) is 0.673. The van der Waals surface area contributed by atoms with Crippen LogP contribution in [0.4, 0.5) is 13.2 Å². The third-order valence-corrected chi connectivity index (χ3v) is 8.04. The SMILES string of the molecule is CN(C1CCCC2=C1C=NC(CC(=O)O)CC2)S(=O)(=O)c1ccc(C(F)(F)F)cc1Cl. The highest BCUT2D eigenvalue weighted by Gasteiger charge is 2.37. The Morgan fingerprint density at radius 2 is 2.00 bits per heavy atom. The van der Waals surface area contributed by atoms with Crippen LogP contribution in [0.2, 0.25) is 5.02 Å². The van der Waals surface area contributed by atoms with Crippen LogP contribution in [-0.2, 0) is 21.0 Å². The number of halogens is 4. The van der Waals surface area contributed by atoms with Crippen LogP contribution in [0, 0.1) is 0 Å². The predicted molar refractivity (Wildman–Crippen MR) is 110 cm³/mol. The molecule has 0 fully saturated rings. The van der Waals surface area contributed by atoms with Gasteiger partial charge in [0.05, 0.1) is 29.1 Å². The van der Waals surface area contributed by atoms with Crippen molar-refractivity contribution < 1.29 is 31.5 Å². The first-order chi connectivity index (χ1) is 14.4. The summed E-state index contributed by atoms with van der Waals surface area (Å²) in [7, 11) is -2.81. The average molecular weight is 479 g/mol. The molecule has 1 heterocycles. The third kappa shape index (κ3) is 5.12. The molecule has 0 aromatic heterocycles. The molecule has 6 nitrogen and oxygen atoms in total. The molecular weight excluding hydrogens is 457 g/mol. The van der Waals surface area contributed by atoms with Gasteiger partial charge in [-0.15, -0.1) is 0 Å². The molecule has 0 radical (unpaired) electrons. The highest BCUT2D eigenvalue weighted by atomic mass is 35.5. The standard InChI is InChI=1S/C20H22ClF3N2O4S/c1-26(31(29,30)18-8-6-13(9-16(18)21)20(22,23)24)17-4-2-3-12-5-7-14(10-19(27)28)25-11-15(12)17/h6,8-9,11,14,17H,2-5,7,10H2,1H3,(H,27,28). The monoisotopic (exact) mass is 478 g/mol. The number of carbonyl (C=O) groups is 1. The van der Waals surface area contributed by atoms with Gasteiger partial charge in [-0.25, -0.2) is 8.42 Å². The van der Waals surface area contributed by atoms with Gasteiger partial charge in [0.25, 0.3) is 0 Å². The normalized spacial score (nSPS) is 22.4. The molecule has 3 rings (SSSR count). The van der Waals surface area contributed by atoms with Gasteiger partial charge in [-0.3, -0.25) is 9.79 Å². The average Bonchev–Trinajstić information content (AvgIpc) is 2.88. The third-order valence-electron chi connectivity index (χ3n) is 5.69. The van der Waals surface area contributed by atoms with Crippen LogP contribution in [0.1, 0.15) is 44.1 Å². The van der Waals surface area contributed by atoms with E-state index in [4.69, 9.17) is 16.7 Å². The zero-order valence-electron chi connectivity index (χ0n) is 16.7. The van der Waals surface area contributed by atoms with Crippen LogP contribution in [0.5, 0.6) is 0 Å². The molecule has 11 heteroatoms. The minimum atomic E-state index is -4.63. The van der Waals surface area contributed by atoms with Crippen molar-refractivity contribution in [3.63, 3.8) is 0 Å². The van der Waals surface area contributed by atoms with Crippen molar-refractivity contribution in [2.45, 2.75) is 61.7 Å². The molecule has 1 N–H and O–H groups in total. The fourth-order valence-corrected chi connectivity index (χ4v) is 5.92. The van der Waals surface area contributed by atoms with E-state index in [0.29, 0.717) is 31.4 Å². The molecule has 2 unspecified atom stereocenters. The van der Waals surface area contributed by atoms with Crippen molar-refractivity contribution in [3.8, 4) is 0 Å². The molecule has 1 aliphatic carbocycles. The molecule has 31 heavy (non-hydrogen) atoms. The molecule has 1 aliphatic heterocycles. The Bertz CT molecular complexity index is 1040. The number of aliphatic carboxylic acids is 1. The fraction of sp³-hybridized carbons (Fsp3) is 0.500. The fourth-order valence-electron chi connectivity index (χ4n) is 4.04. The Labute approximate surface area is 183 Å². The summed E-state index contributed by atoms with van der Waals surface area (Å²) in [6.07, 6.45) is 0.0478. The number of hydrogen-bond donors (Lipinski definition) is 1. The van der Waals surface area contributed by atoms with Crippen molar-refractivity contribution >= 4 is 33.8 Å². The number of hydrogen-bond acceptors (Lipinski definition) is 4. The summed E-state index contributed by atoms with van der Waals surface area (Å²) >= 11 is 5.93. The lowest BCUT2D eigenvalue weighted by molar-refractivity contribution is -0.138. The Hall–Kier alpha value is -1.91. The minimum absolute atomic E-state index is 0.100. The molecule has 1 aromatic rings. The number of benzene rings is 1. The number of sulfonamides is 1. The number of likely N-dealkylation sites (N-methyl/N-ethyl adjacent to an activating group) is 1. The summed E-state index contributed by atoms with van der Waals surface area (Å²) < 4.78 is 66.2. The van der Waals surface area contributed by atoms with Crippen molar-refractivity contribution in [2.75, 3.05) is 7.05 Å². The van der Waals surface area contributed by atoms with E-state index < -0.39 is 43.7 Å². The second-order valence-corrected chi connectivity index (χ2v) is 10.1. The summed E-state index contributed by atoms with van der Waals surface area (Å²) in [6.45, 7) is 0. The van der Waals surface area contributed by atoms with E-state index in [-0.39, 0.29) is 12.5 Å². The lowest BCUT2D eigenvalue weighted by atomic mass is 9.86. The van der Waals surface area contributed by atoms with Gasteiger partial charge < -0.3 is 5.11 Å². The van der Waals surface area contributed by atoms with E-state index >= 15 is 0 Å². The number of alkyl halides is 3. The van der Waals surface area contributed by atoms with Gasteiger partial charge in [0.1, 0.15) is 4.90 Å². The number of nitrogens with zero attached hydrogens (tertiary/aromatic N) is 2. The summed E-state index contributed by atoms with van der Waals surface area (Å²) in [6, 6.07) is 1.24. The van der Waals surface area contributed by atoms with Crippen LogP contribution < -0.4 is 0 Å². The molecule has 2 atom stereocenters.